The summed E-state index contributed by atoms with van der Waals surface area (Å²) in [6.45, 7) is 4.64. The van der Waals surface area contributed by atoms with Crippen molar-refractivity contribution in [3.8, 4) is 0 Å². The van der Waals surface area contributed by atoms with Crippen LogP contribution < -0.4 is 11.1 Å². The molecule has 0 aliphatic rings. The molecular formula is C15H21F3N2O. The van der Waals surface area contributed by atoms with Crippen molar-refractivity contribution in [2.45, 2.75) is 33.1 Å². The molecule has 0 saturated heterocycles. The average molecular weight is 302 g/mol. The Balaban J connectivity index is 2.60. The number of anilines is 1. The number of amides is 1. The number of hydrogen-bond acceptors (Lipinski definition) is 2. The molecule has 3 nitrogen and oxygen atoms in total. The van der Waals surface area contributed by atoms with Crippen LogP contribution in [0.4, 0.5) is 18.9 Å². The summed E-state index contributed by atoms with van der Waals surface area (Å²) in [5.74, 6) is -3.99. The van der Waals surface area contributed by atoms with Gasteiger partial charge < -0.3 is 11.1 Å². The SMILES string of the molecule is CC(C)C(CCN)CCC(=O)Nc1ccc(F)c(F)c1F. The predicted octanol–water partition coefficient (Wildman–Crippen LogP) is 3.44. The number of nitrogens with two attached hydrogens (primary N) is 1. The minimum absolute atomic E-state index is 0.182. The lowest BCUT2D eigenvalue weighted by atomic mass is 9.88. The van der Waals surface area contributed by atoms with E-state index in [1.807, 2.05) is 13.8 Å². The predicted molar refractivity (Wildman–Crippen MR) is 76.2 cm³/mol. The molecule has 1 aromatic rings. The molecule has 0 spiro atoms. The Morgan fingerprint density at radius 2 is 1.86 bits per heavy atom. The Labute approximate surface area is 122 Å². The third-order valence-corrected chi connectivity index (χ3v) is 3.53. The van der Waals surface area contributed by atoms with E-state index in [-0.39, 0.29) is 12.1 Å². The van der Waals surface area contributed by atoms with Crippen molar-refractivity contribution in [3.05, 3.63) is 29.6 Å². The molecule has 0 radical (unpaired) electrons. The van der Waals surface area contributed by atoms with Gasteiger partial charge >= 0.3 is 0 Å². The molecular weight excluding hydrogens is 281 g/mol. The zero-order valence-corrected chi connectivity index (χ0v) is 12.3. The zero-order valence-electron chi connectivity index (χ0n) is 12.3. The van der Waals surface area contributed by atoms with E-state index in [9.17, 15) is 18.0 Å². The fourth-order valence-electron chi connectivity index (χ4n) is 2.18. The quantitative estimate of drug-likeness (QED) is 0.758. The number of benzene rings is 1. The van der Waals surface area contributed by atoms with E-state index in [0.717, 1.165) is 18.6 Å². The minimum atomic E-state index is -1.59. The number of nitrogens with one attached hydrogen (secondary N) is 1. The average Bonchev–Trinajstić information content (AvgIpc) is 2.43. The van der Waals surface area contributed by atoms with Crippen molar-refractivity contribution in [2.24, 2.45) is 17.6 Å². The van der Waals surface area contributed by atoms with Crippen LogP contribution in [0.2, 0.25) is 0 Å². The fourth-order valence-corrected chi connectivity index (χ4v) is 2.18. The Hall–Kier alpha value is -1.56. The maximum Gasteiger partial charge on any atom is 0.224 e. The Kier molecular flexibility index (Phi) is 6.68. The summed E-state index contributed by atoms with van der Waals surface area (Å²) in [6, 6.07) is 1.78. The molecule has 1 aromatic carbocycles. The summed E-state index contributed by atoms with van der Waals surface area (Å²) in [7, 11) is 0. The summed E-state index contributed by atoms with van der Waals surface area (Å²) in [5.41, 5.74) is 5.17. The number of carbonyl (C=O) groups is 1. The van der Waals surface area contributed by atoms with Gasteiger partial charge in [-0.25, -0.2) is 13.2 Å². The Bertz CT molecular complexity index is 492. The van der Waals surface area contributed by atoms with Gasteiger partial charge in [-0.05, 0) is 43.4 Å². The van der Waals surface area contributed by atoms with E-state index in [1.165, 1.54) is 0 Å². The van der Waals surface area contributed by atoms with Gasteiger partial charge in [0.05, 0.1) is 5.69 Å². The molecule has 1 unspecified atom stereocenters. The van der Waals surface area contributed by atoms with Gasteiger partial charge in [0.25, 0.3) is 0 Å². The maximum absolute atomic E-state index is 13.4. The van der Waals surface area contributed by atoms with Crippen molar-refractivity contribution >= 4 is 11.6 Å². The molecule has 0 fully saturated rings. The first-order valence-corrected chi connectivity index (χ1v) is 7.00. The van der Waals surface area contributed by atoms with Crippen LogP contribution in [0, 0.1) is 29.3 Å². The molecule has 0 aliphatic heterocycles. The smallest absolute Gasteiger partial charge is 0.224 e. The molecule has 1 amide bonds. The molecule has 0 aromatic heterocycles. The molecule has 118 valence electrons. The van der Waals surface area contributed by atoms with Gasteiger partial charge in [-0.15, -0.1) is 0 Å². The fraction of sp³-hybridized carbons (Fsp3) is 0.533. The highest BCUT2D eigenvalue weighted by molar-refractivity contribution is 5.90. The van der Waals surface area contributed by atoms with Crippen LogP contribution in [0.1, 0.15) is 33.1 Å². The van der Waals surface area contributed by atoms with Crippen LogP contribution in [-0.2, 0) is 4.79 Å². The first-order valence-electron chi connectivity index (χ1n) is 7.00. The van der Waals surface area contributed by atoms with E-state index in [0.29, 0.717) is 24.8 Å². The minimum Gasteiger partial charge on any atom is -0.330 e. The Morgan fingerprint density at radius 3 is 2.43 bits per heavy atom. The monoisotopic (exact) mass is 302 g/mol. The van der Waals surface area contributed by atoms with Gasteiger partial charge in [0, 0.05) is 6.42 Å². The van der Waals surface area contributed by atoms with Gasteiger partial charge in [-0.1, -0.05) is 13.8 Å². The second-order valence-electron chi connectivity index (χ2n) is 5.39. The molecule has 0 aliphatic carbocycles. The topological polar surface area (TPSA) is 55.1 Å². The molecule has 0 bridgehead atoms. The number of halogens is 3. The molecule has 1 atom stereocenters. The summed E-state index contributed by atoms with van der Waals surface area (Å²) in [4.78, 5) is 11.8. The lowest BCUT2D eigenvalue weighted by Crippen LogP contribution is -2.19. The molecule has 0 saturated carbocycles. The van der Waals surface area contributed by atoms with Gasteiger partial charge in [0.2, 0.25) is 5.91 Å². The van der Waals surface area contributed by atoms with Crippen molar-refractivity contribution in [1.82, 2.24) is 0 Å². The van der Waals surface area contributed by atoms with Crippen LogP contribution in [0.5, 0.6) is 0 Å². The third-order valence-electron chi connectivity index (χ3n) is 3.53. The van der Waals surface area contributed by atoms with E-state index < -0.39 is 23.4 Å². The van der Waals surface area contributed by atoms with Crippen LogP contribution in [-0.4, -0.2) is 12.5 Å². The largest absolute Gasteiger partial charge is 0.330 e. The van der Waals surface area contributed by atoms with Crippen LogP contribution in [0.3, 0.4) is 0 Å². The van der Waals surface area contributed by atoms with E-state index in [2.05, 4.69) is 5.32 Å². The highest BCUT2D eigenvalue weighted by Crippen LogP contribution is 2.22. The standard InChI is InChI=1S/C15H21F3N2O/c1-9(2)10(7-8-19)3-6-13(21)20-12-5-4-11(16)14(17)15(12)18/h4-5,9-10H,3,6-8,19H2,1-2H3,(H,20,21). The van der Waals surface area contributed by atoms with Gasteiger partial charge in [0.1, 0.15) is 0 Å². The van der Waals surface area contributed by atoms with Crippen molar-refractivity contribution in [2.75, 3.05) is 11.9 Å². The third kappa shape index (κ3) is 5.04. The number of hydrogen-bond donors (Lipinski definition) is 2. The van der Waals surface area contributed by atoms with Gasteiger partial charge in [-0.3, -0.25) is 4.79 Å². The van der Waals surface area contributed by atoms with Gasteiger partial charge in [-0.2, -0.15) is 0 Å². The summed E-state index contributed by atoms with van der Waals surface area (Å²) in [6.07, 6.45) is 1.61. The normalized spacial score (nSPS) is 12.5. The molecule has 1 rings (SSSR count). The summed E-state index contributed by atoms with van der Waals surface area (Å²) in [5, 5.41) is 2.26. The molecule has 0 heterocycles. The van der Waals surface area contributed by atoms with Crippen molar-refractivity contribution in [3.63, 3.8) is 0 Å². The van der Waals surface area contributed by atoms with Crippen LogP contribution in [0.25, 0.3) is 0 Å². The maximum atomic E-state index is 13.4. The molecule has 3 N–H and O–H groups in total. The molecule has 21 heavy (non-hydrogen) atoms. The Morgan fingerprint density at radius 1 is 1.19 bits per heavy atom. The second kappa shape index (κ2) is 8.02. The van der Waals surface area contributed by atoms with E-state index >= 15 is 0 Å². The van der Waals surface area contributed by atoms with E-state index in [1.54, 1.807) is 0 Å². The second-order valence-corrected chi connectivity index (χ2v) is 5.39. The van der Waals surface area contributed by atoms with Crippen molar-refractivity contribution < 1.29 is 18.0 Å². The molecule has 6 heteroatoms. The highest BCUT2D eigenvalue weighted by Gasteiger charge is 2.17. The first kappa shape index (κ1) is 17.5. The van der Waals surface area contributed by atoms with Crippen molar-refractivity contribution in [1.29, 1.82) is 0 Å². The van der Waals surface area contributed by atoms with E-state index in [4.69, 9.17) is 5.73 Å². The highest BCUT2D eigenvalue weighted by atomic mass is 19.2. The number of rotatable bonds is 7. The lowest BCUT2D eigenvalue weighted by Gasteiger charge is -2.19. The van der Waals surface area contributed by atoms with Crippen LogP contribution >= 0.6 is 0 Å². The zero-order chi connectivity index (χ0) is 16.0. The number of carbonyl (C=O) groups excluding carboxylic acids is 1. The van der Waals surface area contributed by atoms with Gasteiger partial charge in [0.15, 0.2) is 17.5 Å². The lowest BCUT2D eigenvalue weighted by molar-refractivity contribution is -0.116. The first-order chi connectivity index (χ1) is 9.86. The summed E-state index contributed by atoms with van der Waals surface area (Å²) >= 11 is 0. The van der Waals surface area contributed by atoms with Crippen LogP contribution in [0.15, 0.2) is 12.1 Å². The summed E-state index contributed by atoms with van der Waals surface area (Å²) < 4.78 is 39.3.